The zero-order chi connectivity index (χ0) is 18.3. The summed E-state index contributed by atoms with van der Waals surface area (Å²) < 4.78 is 0. The molecule has 1 aromatic carbocycles. The van der Waals surface area contributed by atoms with Crippen molar-refractivity contribution in [1.82, 2.24) is 10.2 Å². The molecule has 10 heteroatoms. The van der Waals surface area contributed by atoms with Crippen molar-refractivity contribution in [1.29, 1.82) is 0 Å². The molecule has 0 saturated carbocycles. The number of nitrogens with two attached hydrogens (primary N) is 1. The van der Waals surface area contributed by atoms with Crippen LogP contribution in [0.1, 0.15) is 18.5 Å². The molecule has 3 unspecified atom stereocenters. The van der Waals surface area contributed by atoms with Crippen molar-refractivity contribution in [3.05, 3.63) is 41.1 Å². The Morgan fingerprint density at radius 2 is 1.96 bits per heavy atom. The highest BCUT2D eigenvalue weighted by atomic mass is 32.2. The zero-order valence-electron chi connectivity index (χ0n) is 13.8. The van der Waals surface area contributed by atoms with Gasteiger partial charge in [0, 0.05) is 5.75 Å². The Bertz CT molecular complexity index is 779. The third kappa shape index (κ3) is 3.26. The van der Waals surface area contributed by atoms with E-state index in [4.69, 9.17) is 5.73 Å². The number of phenolic OH excluding ortho intramolecular Hbond substituents is 1. The predicted octanol–water partition coefficient (Wildman–Crippen LogP) is -0.674. The fourth-order valence-electron chi connectivity index (χ4n) is 2.85. The van der Waals surface area contributed by atoms with Gasteiger partial charge in [0.25, 0.3) is 5.91 Å². The quantitative estimate of drug-likeness (QED) is 0.502. The molecule has 3 atom stereocenters. The molecule has 0 radical (unpaired) electrons. The highest BCUT2D eigenvalue weighted by Gasteiger charge is 2.53. The molecule has 3 rings (SSSR count). The highest BCUT2D eigenvalue weighted by molar-refractivity contribution is 8.00. The van der Waals surface area contributed by atoms with Gasteiger partial charge in [-0.25, -0.2) is 4.79 Å². The molecular formula is C16H19N3O6S. The van der Waals surface area contributed by atoms with E-state index in [2.05, 4.69) is 5.32 Å². The van der Waals surface area contributed by atoms with E-state index in [1.54, 1.807) is 6.92 Å². The Kier molecular flexibility index (Phi) is 5.59. The summed E-state index contributed by atoms with van der Waals surface area (Å²) in [6.07, 6.45) is 0. The van der Waals surface area contributed by atoms with Gasteiger partial charge in [0.05, 0.1) is 0 Å². The normalized spacial score (nSPS) is 22.7. The van der Waals surface area contributed by atoms with Crippen LogP contribution in [0.4, 0.5) is 0 Å². The molecule has 1 aromatic rings. The van der Waals surface area contributed by atoms with E-state index in [1.807, 2.05) is 0 Å². The minimum atomic E-state index is -1.15. The van der Waals surface area contributed by atoms with Gasteiger partial charge in [0.1, 0.15) is 28.9 Å². The van der Waals surface area contributed by atoms with Crippen LogP contribution in [0, 0.1) is 0 Å². The van der Waals surface area contributed by atoms with Crippen LogP contribution in [0.15, 0.2) is 35.5 Å². The molecule has 2 aliphatic rings. The summed E-state index contributed by atoms with van der Waals surface area (Å²) in [5.41, 5.74) is 7.00. The number of hydrogen-bond donors (Lipinski definition) is 4. The van der Waals surface area contributed by atoms with Crippen molar-refractivity contribution in [2.24, 2.45) is 5.73 Å². The smallest absolute Gasteiger partial charge is 0.352 e. The van der Waals surface area contributed by atoms with Crippen molar-refractivity contribution in [3.8, 4) is 5.75 Å². The summed E-state index contributed by atoms with van der Waals surface area (Å²) in [6.45, 7) is 1.67. The first-order valence-corrected chi connectivity index (χ1v) is 8.58. The number of carboxylic acids is 1. The Morgan fingerprint density at radius 3 is 2.54 bits per heavy atom. The Morgan fingerprint density at radius 1 is 1.35 bits per heavy atom. The second-order valence-electron chi connectivity index (χ2n) is 5.90. The summed E-state index contributed by atoms with van der Waals surface area (Å²) in [4.78, 5) is 37.2. The summed E-state index contributed by atoms with van der Waals surface area (Å²) in [6, 6.07) is 4.09. The lowest BCUT2D eigenvalue weighted by Crippen LogP contribution is -2.71. The van der Waals surface area contributed by atoms with Gasteiger partial charge in [-0.3, -0.25) is 14.5 Å². The third-order valence-corrected chi connectivity index (χ3v) is 5.62. The van der Waals surface area contributed by atoms with E-state index in [0.717, 1.165) is 0 Å². The predicted molar refractivity (Wildman–Crippen MR) is 94.0 cm³/mol. The van der Waals surface area contributed by atoms with Crippen LogP contribution in [0.25, 0.3) is 0 Å². The fraction of sp³-hybridized carbons (Fsp3) is 0.312. The number of rotatable bonds is 4. The fourth-order valence-corrected chi connectivity index (χ4v) is 4.14. The zero-order valence-corrected chi connectivity index (χ0v) is 14.6. The molecule has 0 aromatic heterocycles. The number of carbonyl (C=O) groups is 3. The van der Waals surface area contributed by atoms with Crippen molar-refractivity contribution in [3.63, 3.8) is 0 Å². The average Bonchev–Trinajstić information content (AvgIpc) is 2.58. The number of amides is 2. The van der Waals surface area contributed by atoms with Gasteiger partial charge in [-0.1, -0.05) is 12.1 Å². The number of nitrogens with zero attached hydrogens (tertiary/aromatic N) is 1. The Labute approximate surface area is 153 Å². The van der Waals surface area contributed by atoms with Gasteiger partial charge in [-0.2, -0.15) is 0 Å². The van der Waals surface area contributed by atoms with Crippen LogP contribution in [0.5, 0.6) is 5.75 Å². The maximum atomic E-state index is 12.3. The Hall–Kier alpha value is -2.56. The summed E-state index contributed by atoms with van der Waals surface area (Å²) in [7, 11) is 0. The monoisotopic (exact) mass is 381 g/mol. The average molecular weight is 381 g/mol. The van der Waals surface area contributed by atoms with Gasteiger partial charge in [-0.15, -0.1) is 11.8 Å². The topological polar surface area (TPSA) is 164 Å². The summed E-state index contributed by atoms with van der Waals surface area (Å²) >= 11 is 1.40. The molecule has 1 fully saturated rings. The lowest BCUT2D eigenvalue weighted by Gasteiger charge is -2.49. The number of thioether (sulfide) groups is 1. The van der Waals surface area contributed by atoms with Gasteiger partial charge in [-0.05, 0) is 30.2 Å². The van der Waals surface area contributed by atoms with Crippen LogP contribution in [-0.4, -0.2) is 55.5 Å². The number of aliphatic carboxylic acids is 1. The van der Waals surface area contributed by atoms with Crippen LogP contribution in [0.3, 0.4) is 0 Å². The SMILES string of the molecule is CC1=C(C(=O)O)N2C(=O)C(NC(=O)C(N)c3ccc(O)cc3)C2SC1.O. The van der Waals surface area contributed by atoms with Gasteiger partial charge >= 0.3 is 5.97 Å². The molecule has 0 aliphatic carbocycles. The first-order chi connectivity index (χ1) is 11.8. The molecule has 2 heterocycles. The number of carboxylic acid groups (broad SMARTS) is 1. The van der Waals surface area contributed by atoms with E-state index in [9.17, 15) is 24.6 Å². The van der Waals surface area contributed by atoms with Crippen LogP contribution in [-0.2, 0) is 14.4 Å². The van der Waals surface area contributed by atoms with E-state index in [1.165, 1.54) is 40.9 Å². The third-order valence-electron chi connectivity index (χ3n) is 4.19. The van der Waals surface area contributed by atoms with Crippen molar-refractivity contribution < 1.29 is 30.1 Å². The van der Waals surface area contributed by atoms with Crippen molar-refractivity contribution >= 4 is 29.5 Å². The lowest BCUT2D eigenvalue weighted by atomic mass is 10.0. The number of phenols is 1. The molecule has 1 saturated heterocycles. The van der Waals surface area contributed by atoms with Gasteiger partial charge in [0.15, 0.2) is 0 Å². The number of β-lactam (4-membered cyclic amide) rings is 1. The number of hydrogen-bond acceptors (Lipinski definition) is 6. The summed E-state index contributed by atoms with van der Waals surface area (Å²) in [5, 5.41) is 20.7. The first kappa shape index (κ1) is 19.8. The van der Waals surface area contributed by atoms with Gasteiger partial charge < -0.3 is 26.7 Å². The second-order valence-corrected chi connectivity index (χ2v) is 7.00. The van der Waals surface area contributed by atoms with Crippen LogP contribution >= 0.6 is 11.8 Å². The minimum Gasteiger partial charge on any atom is -0.508 e. The molecule has 26 heavy (non-hydrogen) atoms. The molecule has 2 amide bonds. The van der Waals surface area contributed by atoms with Crippen LogP contribution in [0.2, 0.25) is 0 Å². The number of carbonyl (C=O) groups excluding carboxylic acids is 2. The van der Waals surface area contributed by atoms with E-state index in [0.29, 0.717) is 16.9 Å². The maximum Gasteiger partial charge on any atom is 0.352 e. The van der Waals surface area contributed by atoms with E-state index in [-0.39, 0.29) is 16.9 Å². The second kappa shape index (κ2) is 7.36. The van der Waals surface area contributed by atoms with E-state index >= 15 is 0 Å². The molecule has 0 bridgehead atoms. The number of nitrogens with one attached hydrogen (secondary N) is 1. The van der Waals surface area contributed by atoms with Crippen LogP contribution < -0.4 is 11.1 Å². The molecule has 7 N–H and O–H groups in total. The van der Waals surface area contributed by atoms with Gasteiger partial charge in [0.2, 0.25) is 5.91 Å². The summed E-state index contributed by atoms with van der Waals surface area (Å²) in [5.74, 6) is -1.61. The van der Waals surface area contributed by atoms with E-state index < -0.39 is 35.2 Å². The Balaban J connectivity index is 0.00000243. The molecule has 0 spiro atoms. The molecular weight excluding hydrogens is 362 g/mol. The first-order valence-electron chi connectivity index (χ1n) is 7.54. The number of fused-ring (bicyclic) bond motifs is 1. The number of aromatic hydroxyl groups is 1. The molecule has 140 valence electrons. The van der Waals surface area contributed by atoms with Crippen molar-refractivity contribution in [2.75, 3.05) is 5.75 Å². The molecule has 9 nitrogen and oxygen atoms in total. The van der Waals surface area contributed by atoms with Crippen molar-refractivity contribution in [2.45, 2.75) is 24.4 Å². The maximum absolute atomic E-state index is 12.3. The number of benzene rings is 1. The minimum absolute atomic E-state index is 0. The molecule has 2 aliphatic heterocycles. The highest BCUT2D eigenvalue weighted by Crippen LogP contribution is 2.40. The lowest BCUT2D eigenvalue weighted by molar-refractivity contribution is -0.150. The standard InChI is InChI=1S/C16H17N3O5S.H2O/c1-7-6-25-15-11(14(22)19(15)12(7)16(23)24)18-13(21)10(17)8-2-4-9(20)5-3-8;/h2-5,10-11,15,20H,6,17H2,1H3,(H,18,21)(H,23,24);1H2. The largest absolute Gasteiger partial charge is 0.508 e.